The molecule has 0 spiro atoms. The van der Waals surface area contributed by atoms with Gasteiger partial charge in [0.1, 0.15) is 0 Å². The van der Waals surface area contributed by atoms with Crippen LogP contribution < -0.4 is 0 Å². The summed E-state index contributed by atoms with van der Waals surface area (Å²) in [6, 6.07) is 0. The first-order chi connectivity index (χ1) is 7.45. The highest BCUT2D eigenvalue weighted by Gasteiger charge is 1.97. The zero-order valence-electron chi connectivity index (χ0n) is 10.8. The Morgan fingerprint density at radius 1 is 1.35 bits per heavy atom. The molecule has 0 aromatic rings. The van der Waals surface area contributed by atoms with Crippen LogP contribution in [0.1, 0.15) is 6.42 Å². The third-order valence-electron chi connectivity index (χ3n) is 0.950. The number of quaternary nitrogens is 1. The molecule has 0 atom stereocenters. The monoisotopic (exact) mass is 267 g/mol. The lowest BCUT2D eigenvalue weighted by molar-refractivity contribution is -0.849. The quantitative estimate of drug-likeness (QED) is 0.230. The predicted octanol–water partition coefficient (Wildman–Crippen LogP) is -0.0267. The number of nitrogens with zero attached hydrogens (tertiary/aromatic N) is 1. The smallest absolute Gasteiger partial charge is 0.330 e. The molecule has 17 heavy (non-hydrogen) atoms. The molecular weight excluding hydrogens is 246 g/mol. The van der Waals surface area contributed by atoms with Gasteiger partial charge in [0.25, 0.3) is 0 Å². The van der Waals surface area contributed by atoms with Crippen molar-refractivity contribution in [3.63, 3.8) is 0 Å². The van der Waals surface area contributed by atoms with Gasteiger partial charge in [-0.15, -0.1) is 0 Å². The highest BCUT2D eigenvalue weighted by molar-refractivity contribution is 7.85. The average molecular weight is 267 g/mol. The van der Waals surface area contributed by atoms with Crippen LogP contribution >= 0.6 is 0 Å². The molecule has 0 amide bonds. The molecule has 0 N–H and O–H groups in total. The van der Waals surface area contributed by atoms with Gasteiger partial charge in [-0.05, 0) is 6.42 Å². The van der Waals surface area contributed by atoms with E-state index in [1.54, 1.807) is 0 Å². The number of hydrogen-bond donors (Lipinski definition) is 0. The Balaban J connectivity index is 0. The normalized spacial score (nSPS) is 11.1. The molecule has 0 aromatic heterocycles. The number of carbonyl (C=O) groups excluding carboxylic acids is 1. The molecule has 0 bridgehead atoms. The third kappa shape index (κ3) is 31.3. The number of rotatable bonds is 5. The van der Waals surface area contributed by atoms with Crippen LogP contribution in [0.3, 0.4) is 0 Å². The molecule has 0 heterocycles. The van der Waals surface area contributed by atoms with E-state index in [9.17, 15) is 17.8 Å². The Bertz CT molecular complexity index is 323. The van der Waals surface area contributed by atoms with Gasteiger partial charge in [0.15, 0.2) is 0 Å². The summed E-state index contributed by atoms with van der Waals surface area (Å²) in [5.41, 5.74) is 0. The molecule has 0 rings (SSSR count). The summed E-state index contributed by atoms with van der Waals surface area (Å²) in [4.78, 5) is 10.4. The van der Waals surface area contributed by atoms with Crippen LogP contribution in [0.25, 0.3) is 0 Å². The van der Waals surface area contributed by atoms with E-state index >= 15 is 0 Å². The number of esters is 1. The van der Waals surface area contributed by atoms with Crippen molar-refractivity contribution in [3.05, 3.63) is 12.7 Å². The lowest BCUT2D eigenvalue weighted by Crippen LogP contribution is -2.27. The van der Waals surface area contributed by atoms with E-state index in [1.807, 2.05) is 0 Å². The number of ether oxygens (including phenoxy) is 1. The van der Waals surface area contributed by atoms with Crippen molar-refractivity contribution in [1.82, 2.24) is 0 Å². The van der Waals surface area contributed by atoms with Crippen LogP contribution in [0.4, 0.5) is 0 Å². The molecule has 0 aliphatic carbocycles. The van der Waals surface area contributed by atoms with Gasteiger partial charge in [0, 0.05) is 11.8 Å². The summed E-state index contributed by atoms with van der Waals surface area (Å²) in [7, 11) is 4.30. The molecule has 0 fully saturated rings. The zero-order valence-corrected chi connectivity index (χ0v) is 11.6. The molecule has 102 valence electrons. The van der Waals surface area contributed by atoms with Crippen molar-refractivity contribution in [3.8, 4) is 0 Å². The van der Waals surface area contributed by atoms with Crippen molar-refractivity contribution in [2.75, 3.05) is 40.6 Å². The highest BCUT2D eigenvalue weighted by atomic mass is 32.2. The van der Waals surface area contributed by atoms with Gasteiger partial charge in [-0.3, -0.25) is 0 Å². The molecule has 0 aliphatic heterocycles. The van der Waals surface area contributed by atoms with Crippen LogP contribution in [0.5, 0.6) is 0 Å². The first-order valence-electron chi connectivity index (χ1n) is 4.97. The van der Waals surface area contributed by atoms with E-state index in [4.69, 9.17) is 0 Å². The Labute approximate surface area is 103 Å². The van der Waals surface area contributed by atoms with Crippen molar-refractivity contribution >= 4 is 16.1 Å². The van der Waals surface area contributed by atoms with Crippen molar-refractivity contribution in [2.24, 2.45) is 0 Å². The van der Waals surface area contributed by atoms with Gasteiger partial charge in [-0.25, -0.2) is 13.2 Å². The molecule has 0 aliphatic rings. The molecule has 0 saturated heterocycles. The first-order valence-corrected chi connectivity index (χ1v) is 6.55. The van der Waals surface area contributed by atoms with Crippen LogP contribution in [-0.2, 0) is 19.6 Å². The minimum absolute atomic E-state index is 0.0193. The van der Waals surface area contributed by atoms with E-state index in [0.717, 1.165) is 10.6 Å². The topological polar surface area (TPSA) is 83.5 Å². The maximum atomic E-state index is 10.4. The van der Waals surface area contributed by atoms with Crippen molar-refractivity contribution in [2.45, 2.75) is 6.42 Å². The Morgan fingerprint density at radius 3 is 2.06 bits per heavy atom. The summed E-state index contributed by atoms with van der Waals surface area (Å²) >= 11 is 0. The van der Waals surface area contributed by atoms with E-state index in [0.29, 0.717) is 0 Å². The maximum Gasteiger partial charge on any atom is 0.330 e. The minimum Gasteiger partial charge on any atom is -0.748 e. The van der Waals surface area contributed by atoms with Crippen LogP contribution in [0.15, 0.2) is 12.7 Å². The maximum absolute atomic E-state index is 10.4. The van der Waals surface area contributed by atoms with Crippen LogP contribution in [0, 0.1) is 0 Å². The first kappa shape index (κ1) is 18.4. The van der Waals surface area contributed by atoms with Gasteiger partial charge in [0.2, 0.25) is 0 Å². The lowest BCUT2D eigenvalue weighted by Gasteiger charge is -2.14. The van der Waals surface area contributed by atoms with Gasteiger partial charge in [-0.2, -0.15) is 0 Å². The molecule has 6 nitrogen and oxygen atoms in total. The second-order valence-electron chi connectivity index (χ2n) is 4.67. The minimum atomic E-state index is -4.20. The van der Waals surface area contributed by atoms with Crippen molar-refractivity contribution < 1.29 is 27.0 Å². The molecule has 0 saturated carbocycles. The fourth-order valence-electron chi connectivity index (χ4n) is 0.467. The average Bonchev–Trinajstić information content (AvgIpc) is 2.07. The molecule has 0 radical (unpaired) electrons. The zero-order chi connectivity index (χ0) is 14.1. The number of hydrogen-bond acceptors (Lipinski definition) is 5. The standard InChI is InChI=1S/C6H10O5S.C4H12N/c1-2-6(7)11-4-3-5-12(8,9)10;1-5(2,3)4/h2H,1,3-5H2,(H,8,9,10);1-4H3/q;+1/p-1. The van der Waals surface area contributed by atoms with E-state index in [2.05, 4.69) is 39.5 Å². The summed E-state index contributed by atoms with van der Waals surface area (Å²) in [5.74, 6) is -1.14. The van der Waals surface area contributed by atoms with E-state index < -0.39 is 21.8 Å². The van der Waals surface area contributed by atoms with Gasteiger partial charge in [0.05, 0.1) is 44.9 Å². The Kier molecular flexibility index (Phi) is 8.91. The van der Waals surface area contributed by atoms with Gasteiger partial charge >= 0.3 is 5.97 Å². The van der Waals surface area contributed by atoms with Crippen LogP contribution in [-0.4, -0.2) is 64.0 Å². The van der Waals surface area contributed by atoms with Crippen molar-refractivity contribution in [1.29, 1.82) is 0 Å². The lowest BCUT2D eigenvalue weighted by atomic mass is 10.5. The largest absolute Gasteiger partial charge is 0.748 e. The molecule has 0 unspecified atom stereocenters. The fourth-order valence-corrected chi connectivity index (χ4v) is 0.939. The van der Waals surface area contributed by atoms with Gasteiger partial charge < -0.3 is 13.8 Å². The molecule has 7 heteroatoms. The second-order valence-corrected chi connectivity index (χ2v) is 6.19. The summed E-state index contributed by atoms with van der Waals surface area (Å²) in [5, 5.41) is 0. The molecule has 0 aromatic carbocycles. The summed E-state index contributed by atoms with van der Waals surface area (Å²) < 4.78 is 35.5. The fraction of sp³-hybridized carbons (Fsp3) is 0.700. The Hall–Kier alpha value is -0.920. The second kappa shape index (κ2) is 8.21. The highest BCUT2D eigenvalue weighted by Crippen LogP contribution is 1.90. The van der Waals surface area contributed by atoms with Crippen LogP contribution in [0.2, 0.25) is 0 Å². The molecular formula is C10H21NO5S. The predicted molar refractivity (Wildman–Crippen MR) is 64.3 cm³/mol. The van der Waals surface area contributed by atoms with Gasteiger partial charge in [-0.1, -0.05) is 6.58 Å². The summed E-state index contributed by atoms with van der Waals surface area (Å²) in [6.45, 7) is 3.06. The summed E-state index contributed by atoms with van der Waals surface area (Å²) in [6.07, 6.45) is 0.983. The van der Waals surface area contributed by atoms with E-state index in [1.165, 1.54) is 0 Å². The number of carbonyl (C=O) groups is 1. The van der Waals surface area contributed by atoms with E-state index in [-0.39, 0.29) is 13.0 Å². The Morgan fingerprint density at radius 2 is 1.76 bits per heavy atom. The third-order valence-corrected chi connectivity index (χ3v) is 1.74. The SMILES string of the molecule is C=CC(=O)OCCCS(=O)(=O)[O-].C[N+](C)(C)C.